The molecule has 2 heterocycles. The number of primary amides is 1. The summed E-state index contributed by atoms with van der Waals surface area (Å²) in [5.74, 6) is -2.05. The molecule has 3 aromatic rings. The lowest BCUT2D eigenvalue weighted by Crippen LogP contribution is -2.45. The molecular formula is C25H26FN5O5S. The van der Waals surface area contributed by atoms with Crippen LogP contribution in [0.25, 0.3) is 0 Å². The van der Waals surface area contributed by atoms with Crippen molar-refractivity contribution in [2.24, 2.45) is 5.73 Å². The lowest BCUT2D eigenvalue weighted by molar-refractivity contribution is -0.123. The molecule has 2 aromatic carbocycles. The predicted octanol–water partition coefficient (Wildman–Crippen LogP) is 2.66. The number of nitrogens with two attached hydrogens (primary N) is 2. The van der Waals surface area contributed by atoms with Crippen molar-refractivity contribution in [1.82, 2.24) is 9.69 Å². The van der Waals surface area contributed by atoms with Gasteiger partial charge in [-0.25, -0.2) is 4.39 Å². The zero-order valence-corrected chi connectivity index (χ0v) is 20.8. The van der Waals surface area contributed by atoms with Crippen molar-refractivity contribution in [2.75, 3.05) is 30.9 Å². The van der Waals surface area contributed by atoms with Crippen LogP contribution in [0.3, 0.4) is 0 Å². The average Bonchev–Trinajstić information content (AvgIpc) is 3.56. The van der Waals surface area contributed by atoms with Gasteiger partial charge in [-0.05, 0) is 66.3 Å². The van der Waals surface area contributed by atoms with Crippen molar-refractivity contribution in [3.05, 3.63) is 70.5 Å². The molecule has 194 valence electrons. The van der Waals surface area contributed by atoms with Crippen LogP contribution in [-0.4, -0.2) is 48.5 Å². The first-order valence-corrected chi connectivity index (χ1v) is 12.2. The number of ether oxygens (including phenoxy) is 2. The van der Waals surface area contributed by atoms with E-state index in [4.69, 9.17) is 20.9 Å². The number of benzene rings is 2. The number of amides is 3. The number of rotatable bonds is 9. The number of carbonyl (C=O) groups excluding carboxylic acids is 3. The number of methoxy groups -OCH3 is 1. The zero-order chi connectivity index (χ0) is 26.5. The molecule has 10 nitrogen and oxygen atoms in total. The van der Waals surface area contributed by atoms with E-state index >= 15 is 0 Å². The molecule has 0 aliphatic carbocycles. The Bertz CT molecular complexity index is 1280. The molecule has 4 rings (SSSR count). The summed E-state index contributed by atoms with van der Waals surface area (Å²) in [4.78, 5) is 40.4. The first-order valence-electron chi connectivity index (χ1n) is 11.5. The molecule has 1 aliphatic rings. The van der Waals surface area contributed by atoms with Crippen LogP contribution in [0.5, 0.6) is 5.75 Å². The SMILES string of the molecule is COc1ccc([C@H](C(=O)NC[C@@H]2CCCO2)N(C(=O)c2snc(C(N)=O)c2N)c2ccc(F)cc2)cc1. The standard InChI is InChI=1S/C25H26FN5O5S/c1-35-17-10-4-14(5-11-17)21(24(33)29-13-18-3-2-12-36-18)31(16-8-6-15(26)7-9-16)25(34)22-19(27)20(23(28)32)30-37-22/h4-11,18,21H,2-3,12-13,27H2,1H3,(H2,28,32)(H,29,33)/t18-,21+/m0/s1. The molecule has 37 heavy (non-hydrogen) atoms. The Morgan fingerprint density at radius 1 is 1.22 bits per heavy atom. The van der Waals surface area contributed by atoms with E-state index in [0.717, 1.165) is 12.8 Å². The Morgan fingerprint density at radius 2 is 1.92 bits per heavy atom. The third-order valence-corrected chi connectivity index (χ3v) is 6.80. The molecule has 1 aliphatic heterocycles. The minimum Gasteiger partial charge on any atom is -0.497 e. The molecule has 3 amide bonds. The van der Waals surface area contributed by atoms with Crippen LogP contribution < -0.4 is 26.4 Å². The molecule has 5 N–H and O–H groups in total. The largest absolute Gasteiger partial charge is 0.497 e. The highest BCUT2D eigenvalue weighted by atomic mass is 32.1. The summed E-state index contributed by atoms with van der Waals surface area (Å²) in [5.41, 5.74) is 11.6. The third-order valence-electron chi connectivity index (χ3n) is 5.95. The van der Waals surface area contributed by atoms with Crippen molar-refractivity contribution in [3.8, 4) is 5.75 Å². The predicted molar refractivity (Wildman–Crippen MR) is 136 cm³/mol. The Balaban J connectivity index is 1.80. The molecule has 0 radical (unpaired) electrons. The van der Waals surface area contributed by atoms with E-state index in [0.29, 0.717) is 29.5 Å². The maximum Gasteiger partial charge on any atom is 0.273 e. The first kappa shape index (κ1) is 26.0. The number of hydrogen-bond acceptors (Lipinski definition) is 8. The van der Waals surface area contributed by atoms with Gasteiger partial charge in [-0.1, -0.05) is 12.1 Å². The number of nitrogen functional groups attached to an aromatic ring is 1. The highest BCUT2D eigenvalue weighted by molar-refractivity contribution is 7.09. The van der Waals surface area contributed by atoms with Gasteiger partial charge in [0.1, 0.15) is 22.5 Å². The lowest BCUT2D eigenvalue weighted by atomic mass is 10.0. The summed E-state index contributed by atoms with van der Waals surface area (Å²) >= 11 is 0.690. The van der Waals surface area contributed by atoms with E-state index in [1.165, 1.54) is 36.3 Å². The molecule has 12 heteroatoms. The van der Waals surface area contributed by atoms with Gasteiger partial charge in [0.2, 0.25) is 5.91 Å². The summed E-state index contributed by atoms with van der Waals surface area (Å²) in [6, 6.07) is 10.6. The molecule has 2 atom stereocenters. The van der Waals surface area contributed by atoms with Crippen LogP contribution in [0.2, 0.25) is 0 Å². The number of halogens is 1. The second kappa shape index (κ2) is 11.4. The molecule has 1 saturated heterocycles. The first-order chi connectivity index (χ1) is 17.8. The van der Waals surface area contributed by atoms with E-state index in [2.05, 4.69) is 9.69 Å². The fraction of sp³-hybridized carbons (Fsp3) is 0.280. The number of carbonyl (C=O) groups is 3. The average molecular weight is 528 g/mol. The number of nitrogens with zero attached hydrogens (tertiary/aromatic N) is 2. The Hall–Kier alpha value is -4.03. The Morgan fingerprint density at radius 3 is 2.49 bits per heavy atom. The molecule has 1 aromatic heterocycles. The summed E-state index contributed by atoms with van der Waals surface area (Å²) in [5, 5.41) is 2.88. The van der Waals surface area contributed by atoms with Gasteiger partial charge in [0.15, 0.2) is 5.69 Å². The fourth-order valence-corrected chi connectivity index (χ4v) is 4.79. The van der Waals surface area contributed by atoms with E-state index in [9.17, 15) is 18.8 Å². The molecule has 0 bridgehead atoms. The van der Waals surface area contributed by atoms with E-state index in [1.54, 1.807) is 24.3 Å². The number of aromatic nitrogens is 1. The molecule has 0 saturated carbocycles. The van der Waals surface area contributed by atoms with E-state index in [1.807, 2.05) is 0 Å². The van der Waals surface area contributed by atoms with Crippen LogP contribution in [-0.2, 0) is 9.53 Å². The van der Waals surface area contributed by atoms with Crippen LogP contribution in [0.15, 0.2) is 48.5 Å². The van der Waals surface area contributed by atoms with E-state index < -0.39 is 29.6 Å². The topological polar surface area (TPSA) is 150 Å². The summed E-state index contributed by atoms with van der Waals surface area (Å²) < 4.78 is 28.6. The minimum atomic E-state index is -1.19. The summed E-state index contributed by atoms with van der Waals surface area (Å²) in [6.45, 7) is 0.876. The second-order valence-electron chi connectivity index (χ2n) is 8.35. The van der Waals surface area contributed by atoms with Crippen molar-refractivity contribution < 1.29 is 28.2 Å². The molecule has 0 spiro atoms. The van der Waals surface area contributed by atoms with Gasteiger partial charge in [0, 0.05) is 18.8 Å². The van der Waals surface area contributed by atoms with E-state index in [-0.39, 0.29) is 34.6 Å². The molecule has 0 unspecified atom stereocenters. The maximum absolute atomic E-state index is 13.9. The smallest absolute Gasteiger partial charge is 0.273 e. The monoisotopic (exact) mass is 527 g/mol. The van der Waals surface area contributed by atoms with Crippen LogP contribution in [0.4, 0.5) is 15.8 Å². The maximum atomic E-state index is 13.9. The van der Waals surface area contributed by atoms with Gasteiger partial charge in [-0.2, -0.15) is 4.37 Å². The van der Waals surface area contributed by atoms with Crippen molar-refractivity contribution >= 4 is 40.6 Å². The quantitative estimate of drug-likeness (QED) is 0.387. The third kappa shape index (κ3) is 5.70. The van der Waals surface area contributed by atoms with Gasteiger partial charge < -0.3 is 26.3 Å². The minimum absolute atomic E-state index is 0.0800. The molecule has 1 fully saturated rings. The summed E-state index contributed by atoms with van der Waals surface area (Å²) in [7, 11) is 1.51. The van der Waals surface area contributed by atoms with Crippen LogP contribution in [0, 0.1) is 5.82 Å². The fourth-order valence-electron chi connectivity index (χ4n) is 4.04. The number of anilines is 2. The van der Waals surface area contributed by atoms with Gasteiger partial charge in [0.25, 0.3) is 11.8 Å². The number of hydrogen-bond donors (Lipinski definition) is 3. The highest BCUT2D eigenvalue weighted by Crippen LogP contribution is 2.34. The van der Waals surface area contributed by atoms with Gasteiger partial charge in [-0.15, -0.1) is 0 Å². The van der Waals surface area contributed by atoms with Crippen molar-refractivity contribution in [3.63, 3.8) is 0 Å². The highest BCUT2D eigenvalue weighted by Gasteiger charge is 2.36. The van der Waals surface area contributed by atoms with Crippen molar-refractivity contribution in [2.45, 2.75) is 25.0 Å². The van der Waals surface area contributed by atoms with Crippen LogP contribution >= 0.6 is 11.5 Å². The van der Waals surface area contributed by atoms with Gasteiger partial charge >= 0.3 is 0 Å². The Kier molecular flexibility index (Phi) is 7.99. The molecular weight excluding hydrogens is 501 g/mol. The second-order valence-corrected chi connectivity index (χ2v) is 9.12. The number of nitrogens with one attached hydrogen (secondary N) is 1. The Labute approximate surface area is 216 Å². The van der Waals surface area contributed by atoms with Gasteiger partial charge in [-0.3, -0.25) is 19.3 Å². The lowest BCUT2D eigenvalue weighted by Gasteiger charge is -2.31. The van der Waals surface area contributed by atoms with Crippen molar-refractivity contribution in [1.29, 1.82) is 0 Å². The van der Waals surface area contributed by atoms with Crippen LogP contribution in [0.1, 0.15) is 44.6 Å². The summed E-state index contributed by atoms with van der Waals surface area (Å²) in [6.07, 6.45) is 1.57. The zero-order valence-electron chi connectivity index (χ0n) is 20.0. The van der Waals surface area contributed by atoms with Gasteiger partial charge in [0.05, 0.1) is 18.9 Å². The normalized spacial score (nSPS) is 15.7.